The molecule has 0 aliphatic rings. The van der Waals surface area contributed by atoms with Gasteiger partial charge in [0.05, 0.1) is 7.11 Å². The van der Waals surface area contributed by atoms with E-state index in [0.717, 1.165) is 11.3 Å². The maximum absolute atomic E-state index is 7.07. The van der Waals surface area contributed by atoms with Gasteiger partial charge in [0.2, 0.25) is 5.29 Å². The number of ether oxygens (including phenoxy) is 1. The Labute approximate surface area is 99.6 Å². The Morgan fingerprint density at radius 2 is 2.25 bits per heavy atom. The molecule has 16 heavy (non-hydrogen) atoms. The van der Waals surface area contributed by atoms with Crippen molar-refractivity contribution in [1.82, 2.24) is 0 Å². The lowest BCUT2D eigenvalue weighted by atomic mass is 10.1. The topological polar surface area (TPSA) is 45.4 Å². The zero-order chi connectivity index (χ0) is 12.1. The van der Waals surface area contributed by atoms with E-state index in [0.29, 0.717) is 11.3 Å². The van der Waals surface area contributed by atoms with Gasteiger partial charge in [0.25, 0.3) is 0 Å². The predicted molar refractivity (Wildman–Crippen MR) is 66.7 cm³/mol. The fraction of sp³-hybridized carbons (Fsp3) is 0.167. The molecular formula is C12H11ClN2O. The van der Waals surface area contributed by atoms with Crippen molar-refractivity contribution in [2.45, 2.75) is 6.92 Å². The summed E-state index contributed by atoms with van der Waals surface area (Å²) in [5.41, 5.74) is 2.03. The van der Waals surface area contributed by atoms with Crippen LogP contribution in [0.5, 0.6) is 5.75 Å². The van der Waals surface area contributed by atoms with Crippen LogP contribution in [0.15, 0.2) is 23.2 Å². The minimum atomic E-state index is -0.340. The number of aliphatic imine (C=N–C) groups is 1. The van der Waals surface area contributed by atoms with E-state index >= 15 is 0 Å². The third-order valence-electron chi connectivity index (χ3n) is 2.03. The van der Waals surface area contributed by atoms with Gasteiger partial charge in [0.1, 0.15) is 11.5 Å². The molecule has 1 aromatic rings. The summed E-state index contributed by atoms with van der Waals surface area (Å²) in [4.78, 5) is 3.74. The van der Waals surface area contributed by atoms with Crippen LogP contribution in [0.4, 0.5) is 0 Å². The molecule has 0 bridgehead atoms. The monoisotopic (exact) mass is 234 g/mol. The van der Waals surface area contributed by atoms with Crippen LogP contribution in [-0.2, 0) is 0 Å². The fourth-order valence-corrected chi connectivity index (χ4v) is 1.33. The number of aryl methyl sites for hydroxylation is 1. The molecule has 0 spiro atoms. The average Bonchev–Trinajstić information content (AvgIpc) is 2.26. The van der Waals surface area contributed by atoms with E-state index in [-0.39, 0.29) is 5.29 Å². The van der Waals surface area contributed by atoms with E-state index in [9.17, 15) is 0 Å². The smallest absolute Gasteiger partial charge is 0.216 e. The lowest BCUT2D eigenvalue weighted by Crippen LogP contribution is -2.00. The number of amidine groups is 1. The SMILES string of the molecule is C#C/C(=N/C(=N)Cl)c1ccc(C)c(OC)c1. The Morgan fingerprint density at radius 3 is 2.75 bits per heavy atom. The van der Waals surface area contributed by atoms with Crippen molar-refractivity contribution < 1.29 is 4.74 Å². The van der Waals surface area contributed by atoms with Crippen molar-refractivity contribution in [3.8, 4) is 18.1 Å². The maximum atomic E-state index is 7.07. The molecule has 0 radical (unpaired) electrons. The number of terminal acetylenes is 1. The molecule has 1 rings (SSSR count). The first-order valence-electron chi connectivity index (χ1n) is 4.53. The van der Waals surface area contributed by atoms with Gasteiger partial charge in [-0.3, -0.25) is 5.41 Å². The number of halogens is 1. The molecule has 0 unspecified atom stereocenters. The molecule has 0 atom stereocenters. The van der Waals surface area contributed by atoms with Crippen molar-refractivity contribution in [3.05, 3.63) is 29.3 Å². The van der Waals surface area contributed by atoms with Crippen LogP contribution < -0.4 is 4.74 Å². The van der Waals surface area contributed by atoms with Gasteiger partial charge in [-0.1, -0.05) is 12.1 Å². The second kappa shape index (κ2) is 5.34. The number of hydrogen-bond acceptors (Lipinski definition) is 2. The Balaban J connectivity index is 3.23. The van der Waals surface area contributed by atoms with Crippen LogP contribution in [0.1, 0.15) is 11.1 Å². The Hall–Kier alpha value is -1.79. The molecule has 0 aliphatic heterocycles. The number of nitrogens with one attached hydrogen (secondary N) is 1. The van der Waals surface area contributed by atoms with Crippen molar-refractivity contribution in [1.29, 1.82) is 5.41 Å². The molecule has 0 amide bonds. The summed E-state index contributed by atoms with van der Waals surface area (Å²) < 4.78 is 5.18. The first kappa shape index (κ1) is 12.3. The summed E-state index contributed by atoms with van der Waals surface area (Å²) >= 11 is 5.38. The quantitative estimate of drug-likeness (QED) is 0.364. The van der Waals surface area contributed by atoms with Crippen LogP contribution in [0.2, 0.25) is 0 Å². The standard InChI is InChI=1S/C12H11ClN2O/c1-4-10(15-12(13)14)9-6-5-8(2)11(7-9)16-3/h1,5-7,14H,2-3H3/b14-12?,15-10-. The lowest BCUT2D eigenvalue weighted by molar-refractivity contribution is 0.411. The second-order valence-corrected chi connectivity index (χ2v) is 3.44. The molecule has 0 heterocycles. The molecule has 0 aliphatic carbocycles. The Morgan fingerprint density at radius 1 is 1.56 bits per heavy atom. The van der Waals surface area contributed by atoms with E-state index in [2.05, 4.69) is 10.9 Å². The van der Waals surface area contributed by atoms with Gasteiger partial charge < -0.3 is 4.74 Å². The van der Waals surface area contributed by atoms with Gasteiger partial charge in [0.15, 0.2) is 0 Å². The minimum Gasteiger partial charge on any atom is -0.496 e. The van der Waals surface area contributed by atoms with Gasteiger partial charge in [0, 0.05) is 5.56 Å². The molecule has 0 saturated carbocycles. The van der Waals surface area contributed by atoms with Crippen LogP contribution in [0, 0.1) is 24.7 Å². The van der Waals surface area contributed by atoms with Gasteiger partial charge in [-0.05, 0) is 36.1 Å². The number of hydrogen-bond donors (Lipinski definition) is 1. The third kappa shape index (κ3) is 2.85. The summed E-state index contributed by atoms with van der Waals surface area (Å²) in [6.07, 6.45) is 5.31. The van der Waals surface area contributed by atoms with Gasteiger partial charge in [-0.2, -0.15) is 0 Å². The van der Waals surface area contributed by atoms with Gasteiger partial charge in [-0.15, -0.1) is 6.42 Å². The van der Waals surface area contributed by atoms with Crippen molar-refractivity contribution in [2.24, 2.45) is 4.99 Å². The molecular weight excluding hydrogens is 224 g/mol. The molecule has 1 aromatic carbocycles. The molecule has 0 fully saturated rings. The first-order valence-corrected chi connectivity index (χ1v) is 4.90. The minimum absolute atomic E-state index is 0.318. The molecule has 3 nitrogen and oxygen atoms in total. The zero-order valence-corrected chi connectivity index (χ0v) is 9.80. The second-order valence-electron chi connectivity index (χ2n) is 3.08. The normalized spacial score (nSPS) is 10.8. The molecule has 4 heteroatoms. The van der Waals surface area contributed by atoms with E-state index in [1.54, 1.807) is 13.2 Å². The highest BCUT2D eigenvalue weighted by Gasteiger charge is 2.05. The molecule has 0 aromatic heterocycles. The predicted octanol–water partition coefficient (Wildman–Crippen LogP) is 2.60. The van der Waals surface area contributed by atoms with Crippen LogP contribution >= 0.6 is 11.6 Å². The van der Waals surface area contributed by atoms with Gasteiger partial charge in [-0.25, -0.2) is 4.99 Å². The van der Waals surface area contributed by atoms with Gasteiger partial charge >= 0.3 is 0 Å². The van der Waals surface area contributed by atoms with Crippen molar-refractivity contribution in [3.63, 3.8) is 0 Å². The fourth-order valence-electron chi connectivity index (χ4n) is 1.25. The van der Waals surface area contributed by atoms with Crippen LogP contribution in [-0.4, -0.2) is 18.1 Å². The van der Waals surface area contributed by atoms with E-state index in [4.69, 9.17) is 28.2 Å². The summed E-state index contributed by atoms with van der Waals surface area (Å²) in [5, 5.41) is 6.73. The Kier molecular flexibility index (Phi) is 4.10. The van der Waals surface area contributed by atoms with Crippen LogP contribution in [0.25, 0.3) is 0 Å². The van der Waals surface area contributed by atoms with Crippen molar-refractivity contribution in [2.75, 3.05) is 7.11 Å². The summed E-state index contributed by atoms with van der Waals surface area (Å²) in [6, 6.07) is 5.46. The average molecular weight is 235 g/mol. The Bertz CT molecular complexity index is 486. The van der Waals surface area contributed by atoms with E-state index in [1.807, 2.05) is 19.1 Å². The molecule has 1 N–H and O–H groups in total. The number of rotatable bonds is 2. The number of benzene rings is 1. The lowest BCUT2D eigenvalue weighted by Gasteiger charge is -2.06. The zero-order valence-electron chi connectivity index (χ0n) is 9.04. The first-order chi connectivity index (χ1) is 7.58. The summed E-state index contributed by atoms with van der Waals surface area (Å²) in [5.74, 6) is 3.11. The van der Waals surface area contributed by atoms with Crippen LogP contribution in [0.3, 0.4) is 0 Å². The highest BCUT2D eigenvalue weighted by molar-refractivity contribution is 6.65. The number of methoxy groups -OCH3 is 1. The highest BCUT2D eigenvalue weighted by Crippen LogP contribution is 2.19. The number of nitrogens with zero attached hydrogens (tertiary/aromatic N) is 1. The maximum Gasteiger partial charge on any atom is 0.216 e. The molecule has 82 valence electrons. The largest absolute Gasteiger partial charge is 0.496 e. The third-order valence-corrected chi connectivity index (χ3v) is 2.11. The highest BCUT2D eigenvalue weighted by atomic mass is 35.5. The van der Waals surface area contributed by atoms with E-state index < -0.39 is 0 Å². The summed E-state index contributed by atoms with van der Waals surface area (Å²) in [7, 11) is 1.59. The van der Waals surface area contributed by atoms with E-state index in [1.165, 1.54) is 0 Å². The molecule has 0 saturated heterocycles. The summed E-state index contributed by atoms with van der Waals surface area (Å²) in [6.45, 7) is 1.93. The van der Waals surface area contributed by atoms with Crippen molar-refractivity contribution >= 4 is 22.6 Å².